The van der Waals surface area contributed by atoms with E-state index in [1.165, 1.54) is 0 Å². The van der Waals surface area contributed by atoms with Crippen LogP contribution in [0.1, 0.15) is 37.6 Å². The minimum atomic E-state index is 0.0199. The van der Waals surface area contributed by atoms with Crippen LogP contribution in [0.25, 0.3) is 0 Å². The minimum absolute atomic E-state index is 0.0199. The van der Waals surface area contributed by atoms with E-state index in [1.54, 1.807) is 23.1 Å². The zero-order chi connectivity index (χ0) is 14.0. The van der Waals surface area contributed by atoms with Crippen molar-refractivity contribution in [1.82, 2.24) is 4.90 Å². The molecule has 1 atom stereocenters. The predicted octanol–water partition coefficient (Wildman–Crippen LogP) is 2.92. The van der Waals surface area contributed by atoms with Gasteiger partial charge in [0.05, 0.1) is 0 Å². The lowest BCUT2D eigenvalue weighted by Crippen LogP contribution is -2.35. The molecule has 0 N–H and O–H groups in total. The van der Waals surface area contributed by atoms with Crippen molar-refractivity contribution in [3.63, 3.8) is 0 Å². The number of amides is 1. The van der Waals surface area contributed by atoms with E-state index in [0.29, 0.717) is 23.0 Å². The summed E-state index contributed by atoms with van der Waals surface area (Å²) in [5, 5.41) is 0. The molecule has 0 radical (unpaired) electrons. The van der Waals surface area contributed by atoms with Gasteiger partial charge in [0.25, 0.3) is 5.91 Å². The summed E-state index contributed by atoms with van der Waals surface area (Å²) in [6.45, 7) is 6.63. The summed E-state index contributed by atoms with van der Waals surface area (Å²) >= 11 is 0. The predicted molar refractivity (Wildman–Crippen MR) is 73.6 cm³/mol. The average Bonchev–Trinajstić information content (AvgIpc) is 2.83. The SMILES string of the molecule is CC(C)CC(C)N(C)C(=O)c1ccc2c(c1)OCO2. The molecule has 0 aliphatic carbocycles. The smallest absolute Gasteiger partial charge is 0.253 e. The van der Waals surface area contributed by atoms with E-state index in [0.717, 1.165) is 6.42 Å². The second-order valence-corrected chi connectivity index (χ2v) is 5.46. The van der Waals surface area contributed by atoms with E-state index in [2.05, 4.69) is 20.8 Å². The number of ether oxygens (including phenoxy) is 2. The van der Waals surface area contributed by atoms with Gasteiger partial charge < -0.3 is 14.4 Å². The van der Waals surface area contributed by atoms with Crippen LogP contribution in [-0.4, -0.2) is 30.7 Å². The van der Waals surface area contributed by atoms with Crippen molar-refractivity contribution in [2.24, 2.45) is 5.92 Å². The molecule has 1 aromatic carbocycles. The van der Waals surface area contributed by atoms with Gasteiger partial charge in [0.1, 0.15) is 0 Å². The van der Waals surface area contributed by atoms with Crippen LogP contribution in [0.2, 0.25) is 0 Å². The third kappa shape index (κ3) is 3.00. The molecular formula is C15H21NO3. The molecule has 0 spiro atoms. The standard InChI is InChI=1S/C15H21NO3/c1-10(2)7-11(3)16(4)15(17)12-5-6-13-14(8-12)19-9-18-13/h5-6,8,10-11H,7,9H2,1-4H3. The molecular weight excluding hydrogens is 242 g/mol. The Labute approximate surface area is 114 Å². The fourth-order valence-corrected chi connectivity index (χ4v) is 2.27. The van der Waals surface area contributed by atoms with Gasteiger partial charge in [-0.2, -0.15) is 0 Å². The Morgan fingerprint density at radius 3 is 2.63 bits per heavy atom. The molecule has 0 saturated carbocycles. The maximum absolute atomic E-state index is 12.4. The van der Waals surface area contributed by atoms with Crippen molar-refractivity contribution in [2.45, 2.75) is 33.2 Å². The molecule has 1 heterocycles. The number of hydrogen-bond acceptors (Lipinski definition) is 3. The highest BCUT2D eigenvalue weighted by atomic mass is 16.7. The molecule has 19 heavy (non-hydrogen) atoms. The van der Waals surface area contributed by atoms with Gasteiger partial charge in [0, 0.05) is 18.7 Å². The Kier molecular flexibility index (Phi) is 3.98. The van der Waals surface area contributed by atoms with Gasteiger partial charge >= 0.3 is 0 Å². The van der Waals surface area contributed by atoms with Gasteiger partial charge in [-0.25, -0.2) is 0 Å². The van der Waals surface area contributed by atoms with Crippen LogP contribution in [0.3, 0.4) is 0 Å². The molecule has 1 aliphatic rings. The van der Waals surface area contributed by atoms with Crippen molar-refractivity contribution in [1.29, 1.82) is 0 Å². The Morgan fingerprint density at radius 1 is 1.26 bits per heavy atom. The number of carbonyl (C=O) groups excluding carboxylic acids is 1. The first-order valence-corrected chi connectivity index (χ1v) is 6.66. The molecule has 4 nitrogen and oxygen atoms in total. The number of rotatable bonds is 4. The molecule has 4 heteroatoms. The second kappa shape index (κ2) is 5.51. The number of carbonyl (C=O) groups is 1. The van der Waals surface area contributed by atoms with Crippen molar-refractivity contribution < 1.29 is 14.3 Å². The molecule has 1 amide bonds. The van der Waals surface area contributed by atoms with Crippen LogP contribution < -0.4 is 9.47 Å². The van der Waals surface area contributed by atoms with E-state index in [-0.39, 0.29) is 18.7 Å². The van der Waals surface area contributed by atoms with Gasteiger partial charge in [-0.15, -0.1) is 0 Å². The highest BCUT2D eigenvalue weighted by Gasteiger charge is 2.21. The zero-order valence-corrected chi connectivity index (χ0v) is 12.0. The van der Waals surface area contributed by atoms with Gasteiger partial charge in [-0.05, 0) is 37.5 Å². The highest BCUT2D eigenvalue weighted by molar-refractivity contribution is 5.95. The van der Waals surface area contributed by atoms with Crippen LogP contribution in [0.4, 0.5) is 0 Å². The number of nitrogens with zero attached hydrogens (tertiary/aromatic N) is 1. The topological polar surface area (TPSA) is 38.8 Å². The van der Waals surface area contributed by atoms with Gasteiger partial charge in [0.2, 0.25) is 6.79 Å². The molecule has 0 fully saturated rings. The lowest BCUT2D eigenvalue weighted by atomic mass is 10.0. The van der Waals surface area contributed by atoms with Gasteiger partial charge in [-0.1, -0.05) is 13.8 Å². The van der Waals surface area contributed by atoms with Crippen LogP contribution in [0.15, 0.2) is 18.2 Å². The van der Waals surface area contributed by atoms with Crippen molar-refractivity contribution in [3.05, 3.63) is 23.8 Å². The van der Waals surface area contributed by atoms with Gasteiger partial charge in [0.15, 0.2) is 11.5 Å². The molecule has 1 unspecified atom stereocenters. The normalized spacial score (nSPS) is 14.6. The summed E-state index contributed by atoms with van der Waals surface area (Å²) in [5.41, 5.74) is 0.641. The summed E-state index contributed by atoms with van der Waals surface area (Å²) in [4.78, 5) is 14.2. The Bertz CT molecular complexity index is 470. The maximum Gasteiger partial charge on any atom is 0.253 e. The molecule has 0 aromatic heterocycles. The molecule has 0 saturated heterocycles. The molecule has 0 bridgehead atoms. The monoisotopic (exact) mass is 263 g/mol. The minimum Gasteiger partial charge on any atom is -0.454 e. The summed E-state index contributed by atoms with van der Waals surface area (Å²) in [5.74, 6) is 1.94. The van der Waals surface area contributed by atoms with E-state index in [4.69, 9.17) is 9.47 Å². The first kappa shape index (κ1) is 13.7. The quantitative estimate of drug-likeness (QED) is 0.838. The lowest BCUT2D eigenvalue weighted by molar-refractivity contribution is 0.0728. The summed E-state index contributed by atoms with van der Waals surface area (Å²) in [6, 6.07) is 5.55. The first-order valence-electron chi connectivity index (χ1n) is 6.66. The van der Waals surface area contributed by atoms with E-state index in [1.807, 2.05) is 7.05 Å². The van der Waals surface area contributed by atoms with E-state index >= 15 is 0 Å². The fourth-order valence-electron chi connectivity index (χ4n) is 2.27. The maximum atomic E-state index is 12.4. The third-order valence-electron chi connectivity index (χ3n) is 3.41. The fraction of sp³-hybridized carbons (Fsp3) is 0.533. The number of benzene rings is 1. The van der Waals surface area contributed by atoms with Crippen LogP contribution >= 0.6 is 0 Å². The molecule has 1 aromatic rings. The average molecular weight is 263 g/mol. The Morgan fingerprint density at radius 2 is 1.95 bits per heavy atom. The van der Waals surface area contributed by atoms with E-state index in [9.17, 15) is 4.79 Å². The van der Waals surface area contributed by atoms with E-state index < -0.39 is 0 Å². The number of fused-ring (bicyclic) bond motifs is 1. The highest BCUT2D eigenvalue weighted by Crippen LogP contribution is 2.32. The lowest BCUT2D eigenvalue weighted by Gasteiger charge is -2.26. The largest absolute Gasteiger partial charge is 0.454 e. The Balaban J connectivity index is 2.11. The van der Waals surface area contributed by atoms with Gasteiger partial charge in [-0.3, -0.25) is 4.79 Å². The summed E-state index contributed by atoms with van der Waals surface area (Å²) in [6.07, 6.45) is 0.993. The summed E-state index contributed by atoms with van der Waals surface area (Å²) in [7, 11) is 1.85. The molecule has 104 valence electrons. The van der Waals surface area contributed by atoms with Crippen molar-refractivity contribution >= 4 is 5.91 Å². The van der Waals surface area contributed by atoms with Crippen LogP contribution in [0.5, 0.6) is 11.5 Å². The van der Waals surface area contributed by atoms with Crippen molar-refractivity contribution in [3.8, 4) is 11.5 Å². The Hall–Kier alpha value is -1.71. The third-order valence-corrected chi connectivity index (χ3v) is 3.41. The van der Waals surface area contributed by atoms with Crippen LogP contribution in [0, 0.1) is 5.92 Å². The number of hydrogen-bond donors (Lipinski definition) is 0. The van der Waals surface area contributed by atoms with Crippen LogP contribution in [-0.2, 0) is 0 Å². The second-order valence-electron chi connectivity index (χ2n) is 5.46. The molecule has 1 aliphatic heterocycles. The first-order chi connectivity index (χ1) is 8.99. The van der Waals surface area contributed by atoms with Crippen molar-refractivity contribution in [2.75, 3.05) is 13.8 Å². The zero-order valence-electron chi connectivity index (χ0n) is 12.0. The molecule has 2 rings (SSSR count). The summed E-state index contributed by atoms with van der Waals surface area (Å²) < 4.78 is 10.5.